The van der Waals surface area contributed by atoms with E-state index in [1.807, 2.05) is 44.2 Å². The van der Waals surface area contributed by atoms with E-state index in [2.05, 4.69) is 4.99 Å². The summed E-state index contributed by atoms with van der Waals surface area (Å²) < 4.78 is 0. The van der Waals surface area contributed by atoms with Gasteiger partial charge in [0.1, 0.15) is 0 Å². The second kappa shape index (κ2) is 6.05. The molecule has 3 nitrogen and oxygen atoms in total. The maximum Gasteiger partial charge on any atom is 0.312 e. The fourth-order valence-corrected chi connectivity index (χ4v) is 1.62. The maximum absolute atomic E-state index is 11.0. The normalized spacial score (nSPS) is 13.5. The molecular weight excluding hydrogens is 202 g/mol. The summed E-state index contributed by atoms with van der Waals surface area (Å²) in [5.74, 6) is -1.26. The second-order valence-electron chi connectivity index (χ2n) is 3.59. The number of nitrogens with zero attached hydrogens (tertiary/aromatic N) is 1. The molecule has 86 valence electrons. The Bertz CT molecular complexity index is 371. The predicted molar refractivity (Wildman–Crippen MR) is 65.2 cm³/mol. The molecule has 1 aromatic carbocycles. The van der Waals surface area contributed by atoms with Crippen molar-refractivity contribution in [2.75, 3.05) is 0 Å². The van der Waals surface area contributed by atoms with Crippen molar-refractivity contribution >= 4 is 17.4 Å². The van der Waals surface area contributed by atoms with Crippen LogP contribution in [0.2, 0.25) is 0 Å². The molecule has 0 aliphatic heterocycles. The van der Waals surface area contributed by atoms with Gasteiger partial charge in [0.15, 0.2) is 0 Å². The second-order valence-corrected chi connectivity index (χ2v) is 3.59. The van der Waals surface area contributed by atoms with Crippen LogP contribution in [0.4, 0.5) is 5.69 Å². The van der Waals surface area contributed by atoms with Crippen LogP contribution in [0.1, 0.15) is 26.7 Å². The Balaban J connectivity index is 2.97. The Labute approximate surface area is 95.8 Å². The van der Waals surface area contributed by atoms with Gasteiger partial charge in [-0.25, -0.2) is 0 Å². The van der Waals surface area contributed by atoms with Crippen LogP contribution in [0.15, 0.2) is 35.3 Å². The molecule has 0 spiro atoms. The van der Waals surface area contributed by atoms with E-state index in [4.69, 9.17) is 5.11 Å². The van der Waals surface area contributed by atoms with E-state index in [0.717, 1.165) is 11.4 Å². The van der Waals surface area contributed by atoms with Gasteiger partial charge in [0.2, 0.25) is 0 Å². The zero-order valence-electron chi connectivity index (χ0n) is 9.68. The van der Waals surface area contributed by atoms with Gasteiger partial charge < -0.3 is 5.11 Å². The number of carboxylic acid groups (broad SMARTS) is 1. The lowest BCUT2D eigenvalue weighted by molar-refractivity contribution is -0.139. The molecule has 16 heavy (non-hydrogen) atoms. The Morgan fingerprint density at radius 2 is 1.94 bits per heavy atom. The first-order valence-electron chi connectivity index (χ1n) is 5.54. The monoisotopic (exact) mass is 219 g/mol. The van der Waals surface area contributed by atoms with Gasteiger partial charge in [0.25, 0.3) is 0 Å². The fourth-order valence-electron chi connectivity index (χ4n) is 1.62. The molecule has 0 amide bonds. The van der Waals surface area contributed by atoms with Gasteiger partial charge in [-0.3, -0.25) is 9.79 Å². The number of carboxylic acids is 1. The van der Waals surface area contributed by atoms with Gasteiger partial charge >= 0.3 is 5.97 Å². The highest BCUT2D eigenvalue weighted by molar-refractivity contribution is 6.02. The van der Waals surface area contributed by atoms with Crippen LogP contribution >= 0.6 is 0 Å². The molecule has 0 saturated heterocycles. The van der Waals surface area contributed by atoms with Crippen molar-refractivity contribution in [1.82, 2.24) is 0 Å². The predicted octanol–water partition coefficient (Wildman–Crippen LogP) is 3.28. The van der Waals surface area contributed by atoms with Crippen LogP contribution in [0, 0.1) is 5.92 Å². The van der Waals surface area contributed by atoms with Gasteiger partial charge in [-0.1, -0.05) is 32.0 Å². The lowest BCUT2D eigenvalue weighted by atomic mass is 9.98. The molecule has 1 rings (SSSR count). The third kappa shape index (κ3) is 3.19. The number of aliphatic imine (C=N–C) groups is 1. The van der Waals surface area contributed by atoms with Crippen LogP contribution in [0.5, 0.6) is 0 Å². The average molecular weight is 219 g/mol. The third-order valence-electron chi connectivity index (χ3n) is 2.50. The topological polar surface area (TPSA) is 49.7 Å². The highest BCUT2D eigenvalue weighted by Crippen LogP contribution is 2.16. The van der Waals surface area contributed by atoms with Crippen molar-refractivity contribution in [2.24, 2.45) is 10.9 Å². The van der Waals surface area contributed by atoms with Crippen LogP contribution < -0.4 is 0 Å². The maximum atomic E-state index is 11.0. The Morgan fingerprint density at radius 3 is 2.38 bits per heavy atom. The minimum absolute atomic E-state index is 0.467. The smallest absolute Gasteiger partial charge is 0.312 e. The minimum Gasteiger partial charge on any atom is -0.481 e. The molecule has 1 unspecified atom stereocenters. The number of benzene rings is 1. The van der Waals surface area contributed by atoms with Crippen molar-refractivity contribution in [3.8, 4) is 0 Å². The number of para-hydroxylation sites is 1. The molecule has 0 heterocycles. The number of rotatable bonds is 5. The van der Waals surface area contributed by atoms with Crippen molar-refractivity contribution in [1.29, 1.82) is 0 Å². The summed E-state index contributed by atoms with van der Waals surface area (Å²) in [5, 5.41) is 9.07. The number of hydrogen-bond acceptors (Lipinski definition) is 2. The van der Waals surface area contributed by atoms with E-state index in [9.17, 15) is 4.79 Å². The quantitative estimate of drug-likeness (QED) is 0.772. The molecular formula is C13H17NO2. The minimum atomic E-state index is -0.793. The van der Waals surface area contributed by atoms with Crippen LogP contribution in [0.25, 0.3) is 0 Å². The summed E-state index contributed by atoms with van der Waals surface area (Å²) in [7, 11) is 0. The molecule has 1 atom stereocenters. The molecule has 1 N–H and O–H groups in total. The summed E-state index contributed by atoms with van der Waals surface area (Å²) in [4.78, 5) is 15.4. The Morgan fingerprint density at radius 1 is 1.31 bits per heavy atom. The van der Waals surface area contributed by atoms with E-state index in [1.165, 1.54) is 0 Å². The Hall–Kier alpha value is -1.64. The molecule has 0 aromatic heterocycles. The van der Waals surface area contributed by atoms with Crippen molar-refractivity contribution in [3.05, 3.63) is 30.3 Å². The standard InChI is InChI=1S/C13H17NO2/c1-3-11(13(15)16)12(4-2)14-10-8-6-5-7-9-10/h5-9,11H,3-4H2,1-2H3,(H,15,16). The summed E-state index contributed by atoms with van der Waals surface area (Å²) in [6.45, 7) is 3.81. The average Bonchev–Trinajstić information content (AvgIpc) is 2.29. The summed E-state index contributed by atoms with van der Waals surface area (Å²) in [5.41, 5.74) is 1.56. The summed E-state index contributed by atoms with van der Waals surface area (Å²) in [6, 6.07) is 9.47. The van der Waals surface area contributed by atoms with Gasteiger partial charge in [0, 0.05) is 5.71 Å². The molecule has 0 aliphatic rings. The lowest BCUT2D eigenvalue weighted by Gasteiger charge is -2.11. The lowest BCUT2D eigenvalue weighted by Crippen LogP contribution is -2.22. The highest BCUT2D eigenvalue weighted by Gasteiger charge is 2.20. The largest absolute Gasteiger partial charge is 0.481 e. The summed E-state index contributed by atoms with van der Waals surface area (Å²) >= 11 is 0. The zero-order chi connectivity index (χ0) is 12.0. The van der Waals surface area contributed by atoms with E-state index < -0.39 is 11.9 Å². The summed E-state index contributed by atoms with van der Waals surface area (Å²) in [6.07, 6.45) is 1.24. The van der Waals surface area contributed by atoms with Crippen molar-refractivity contribution < 1.29 is 9.90 Å². The first kappa shape index (κ1) is 12.4. The zero-order valence-corrected chi connectivity index (χ0v) is 9.68. The van der Waals surface area contributed by atoms with Crippen molar-refractivity contribution in [3.63, 3.8) is 0 Å². The third-order valence-corrected chi connectivity index (χ3v) is 2.50. The molecule has 0 bridgehead atoms. The Kier molecular flexibility index (Phi) is 4.70. The number of hydrogen-bond donors (Lipinski definition) is 1. The van der Waals surface area contributed by atoms with E-state index >= 15 is 0 Å². The van der Waals surface area contributed by atoms with Gasteiger partial charge in [-0.2, -0.15) is 0 Å². The first-order chi connectivity index (χ1) is 7.69. The van der Waals surface area contributed by atoms with Gasteiger partial charge in [0.05, 0.1) is 11.6 Å². The molecule has 3 heteroatoms. The van der Waals surface area contributed by atoms with Gasteiger partial charge in [-0.15, -0.1) is 0 Å². The van der Waals surface area contributed by atoms with E-state index in [1.54, 1.807) is 0 Å². The van der Waals surface area contributed by atoms with Crippen LogP contribution in [0.3, 0.4) is 0 Å². The molecule has 0 aliphatic carbocycles. The number of carbonyl (C=O) groups is 1. The van der Waals surface area contributed by atoms with Gasteiger partial charge in [-0.05, 0) is 25.0 Å². The van der Waals surface area contributed by atoms with E-state index in [-0.39, 0.29) is 0 Å². The van der Waals surface area contributed by atoms with Crippen molar-refractivity contribution in [2.45, 2.75) is 26.7 Å². The van der Waals surface area contributed by atoms with E-state index in [0.29, 0.717) is 12.8 Å². The molecule has 0 fully saturated rings. The van der Waals surface area contributed by atoms with Crippen LogP contribution in [-0.4, -0.2) is 16.8 Å². The van der Waals surface area contributed by atoms with Crippen LogP contribution in [-0.2, 0) is 4.79 Å². The highest BCUT2D eigenvalue weighted by atomic mass is 16.4. The fraction of sp³-hybridized carbons (Fsp3) is 0.385. The molecule has 1 aromatic rings. The first-order valence-corrected chi connectivity index (χ1v) is 5.54. The SMILES string of the molecule is CCC(=Nc1ccccc1)C(CC)C(=O)O. The molecule has 0 radical (unpaired) electrons. The molecule has 0 saturated carbocycles. The number of aliphatic carboxylic acids is 1.